The van der Waals surface area contributed by atoms with E-state index in [0.29, 0.717) is 18.8 Å². The number of hydrogen-bond acceptors (Lipinski definition) is 2. The van der Waals surface area contributed by atoms with Gasteiger partial charge in [0.2, 0.25) is 10.0 Å². The second kappa shape index (κ2) is 6.99. The first-order valence-electron chi connectivity index (χ1n) is 5.68. The van der Waals surface area contributed by atoms with Gasteiger partial charge in [-0.2, -0.15) is 0 Å². The van der Waals surface area contributed by atoms with Crippen molar-refractivity contribution in [2.75, 3.05) is 11.6 Å². The van der Waals surface area contributed by atoms with E-state index in [4.69, 9.17) is 11.6 Å². The molecule has 3 nitrogen and oxygen atoms in total. The highest BCUT2D eigenvalue weighted by atomic mass is 35.5. The molecule has 1 N–H and O–H groups in total. The van der Waals surface area contributed by atoms with Crippen molar-refractivity contribution < 1.29 is 8.42 Å². The van der Waals surface area contributed by atoms with Crippen molar-refractivity contribution in [2.45, 2.75) is 26.3 Å². The number of halogens is 1. The van der Waals surface area contributed by atoms with E-state index in [-0.39, 0.29) is 5.75 Å². The fourth-order valence-electron chi connectivity index (χ4n) is 1.40. The van der Waals surface area contributed by atoms with Crippen LogP contribution in [0.4, 0.5) is 0 Å². The van der Waals surface area contributed by atoms with Gasteiger partial charge >= 0.3 is 0 Å². The predicted octanol–water partition coefficient (Wildman–Crippen LogP) is 2.30. The van der Waals surface area contributed by atoms with Gasteiger partial charge in [0.05, 0.1) is 5.75 Å². The number of alkyl halides is 1. The van der Waals surface area contributed by atoms with Crippen LogP contribution in [0.3, 0.4) is 0 Å². The Kier molecular flexibility index (Phi) is 5.95. The lowest BCUT2D eigenvalue weighted by Crippen LogP contribution is -2.26. The first-order valence-corrected chi connectivity index (χ1v) is 7.87. The molecule has 0 amide bonds. The Morgan fingerprint density at radius 1 is 1.18 bits per heavy atom. The van der Waals surface area contributed by atoms with Gasteiger partial charge < -0.3 is 0 Å². The summed E-state index contributed by atoms with van der Waals surface area (Å²) in [5.41, 5.74) is 2.22. The van der Waals surface area contributed by atoms with Crippen molar-refractivity contribution in [3.05, 3.63) is 35.4 Å². The highest BCUT2D eigenvalue weighted by Crippen LogP contribution is 2.05. The third-order valence-corrected chi connectivity index (χ3v) is 4.15. The van der Waals surface area contributed by atoms with Crippen molar-refractivity contribution in [2.24, 2.45) is 0 Å². The molecule has 0 bridgehead atoms. The maximum atomic E-state index is 11.5. The minimum absolute atomic E-state index is 0.0868. The monoisotopic (exact) mass is 275 g/mol. The van der Waals surface area contributed by atoms with E-state index in [1.54, 1.807) is 0 Å². The Bertz CT molecular complexity index is 428. The summed E-state index contributed by atoms with van der Waals surface area (Å²) in [6, 6.07) is 7.93. The van der Waals surface area contributed by atoms with Crippen LogP contribution in [-0.2, 0) is 23.0 Å². The van der Waals surface area contributed by atoms with Crippen LogP contribution in [0.5, 0.6) is 0 Å². The molecule has 96 valence electrons. The van der Waals surface area contributed by atoms with E-state index >= 15 is 0 Å². The largest absolute Gasteiger partial charge is 0.212 e. The number of aryl methyl sites for hydroxylation is 1. The summed E-state index contributed by atoms with van der Waals surface area (Å²) in [7, 11) is -3.19. The first kappa shape index (κ1) is 14.5. The predicted molar refractivity (Wildman–Crippen MR) is 71.8 cm³/mol. The molecule has 0 heterocycles. The first-order chi connectivity index (χ1) is 8.07. The van der Waals surface area contributed by atoms with Crippen molar-refractivity contribution in [1.82, 2.24) is 4.72 Å². The molecule has 0 fully saturated rings. The second-order valence-corrected chi connectivity index (χ2v) is 6.16. The summed E-state index contributed by atoms with van der Waals surface area (Å²) in [6.07, 6.45) is 1.47. The fraction of sp³-hybridized carbons (Fsp3) is 0.500. The molecule has 1 aromatic carbocycles. The maximum absolute atomic E-state index is 11.5. The van der Waals surface area contributed by atoms with E-state index in [9.17, 15) is 8.42 Å². The van der Waals surface area contributed by atoms with Gasteiger partial charge in [-0.3, -0.25) is 0 Å². The Hall–Kier alpha value is -0.580. The Balaban J connectivity index is 2.49. The van der Waals surface area contributed by atoms with Gasteiger partial charge in [-0.15, -0.1) is 11.6 Å². The van der Waals surface area contributed by atoms with Crippen LogP contribution >= 0.6 is 11.6 Å². The summed E-state index contributed by atoms with van der Waals surface area (Å²) in [5, 5.41) is 0. The molecule has 0 aliphatic rings. The van der Waals surface area contributed by atoms with Gasteiger partial charge in [0.25, 0.3) is 0 Å². The van der Waals surface area contributed by atoms with Gasteiger partial charge in [0.15, 0.2) is 0 Å². The second-order valence-electron chi connectivity index (χ2n) is 3.85. The van der Waals surface area contributed by atoms with E-state index in [1.165, 1.54) is 5.56 Å². The molecule has 0 radical (unpaired) electrons. The molecule has 0 saturated carbocycles. The smallest absolute Gasteiger partial charge is 0.211 e. The minimum Gasteiger partial charge on any atom is -0.212 e. The third-order valence-electron chi connectivity index (χ3n) is 2.47. The summed E-state index contributed by atoms with van der Waals surface area (Å²) in [5.74, 6) is 0.454. The Labute approximate surface area is 108 Å². The molecule has 0 aliphatic heterocycles. The van der Waals surface area contributed by atoms with Gasteiger partial charge in [0, 0.05) is 12.4 Å². The average Bonchev–Trinajstić information content (AvgIpc) is 2.35. The molecule has 17 heavy (non-hydrogen) atoms. The summed E-state index contributed by atoms with van der Waals surface area (Å²) < 4.78 is 25.6. The van der Waals surface area contributed by atoms with Gasteiger partial charge in [-0.25, -0.2) is 13.1 Å². The Morgan fingerprint density at radius 2 is 1.76 bits per heavy atom. The van der Waals surface area contributed by atoms with Gasteiger partial charge in [0.1, 0.15) is 0 Å². The zero-order valence-corrected chi connectivity index (χ0v) is 11.5. The van der Waals surface area contributed by atoms with Crippen LogP contribution in [0.2, 0.25) is 0 Å². The molecule has 0 saturated heterocycles. The van der Waals surface area contributed by atoms with E-state index in [0.717, 1.165) is 12.0 Å². The molecule has 1 aromatic rings. The molecule has 0 unspecified atom stereocenters. The lowest BCUT2D eigenvalue weighted by molar-refractivity contribution is 0.580. The normalized spacial score (nSPS) is 11.6. The number of sulfonamides is 1. The van der Waals surface area contributed by atoms with E-state index < -0.39 is 10.0 Å². The van der Waals surface area contributed by atoms with Gasteiger partial charge in [-0.1, -0.05) is 31.2 Å². The molecular weight excluding hydrogens is 258 g/mol. The molecule has 0 aromatic heterocycles. The number of hydrogen-bond donors (Lipinski definition) is 1. The zero-order valence-electron chi connectivity index (χ0n) is 9.95. The van der Waals surface area contributed by atoms with Crippen LogP contribution in [0, 0.1) is 0 Å². The van der Waals surface area contributed by atoms with E-state index in [2.05, 4.69) is 11.6 Å². The lowest BCUT2D eigenvalue weighted by atomic mass is 10.1. The molecule has 0 atom stereocenters. The summed E-state index contributed by atoms with van der Waals surface area (Å²) in [6.45, 7) is 2.43. The maximum Gasteiger partial charge on any atom is 0.211 e. The van der Waals surface area contributed by atoms with E-state index in [1.807, 2.05) is 24.3 Å². The van der Waals surface area contributed by atoms with Crippen LogP contribution < -0.4 is 4.72 Å². The quantitative estimate of drug-likeness (QED) is 0.776. The Morgan fingerprint density at radius 3 is 2.29 bits per heavy atom. The molecule has 1 rings (SSSR count). The topological polar surface area (TPSA) is 46.2 Å². The summed E-state index contributed by atoms with van der Waals surface area (Å²) in [4.78, 5) is 0. The van der Waals surface area contributed by atoms with Crippen LogP contribution in [0.15, 0.2) is 24.3 Å². The number of nitrogens with one attached hydrogen (secondary N) is 1. The van der Waals surface area contributed by atoms with Crippen molar-refractivity contribution >= 4 is 21.6 Å². The third kappa shape index (κ3) is 5.52. The van der Waals surface area contributed by atoms with Crippen LogP contribution in [-0.4, -0.2) is 20.1 Å². The minimum atomic E-state index is -3.19. The molecule has 0 spiro atoms. The van der Waals surface area contributed by atoms with Crippen LogP contribution in [0.25, 0.3) is 0 Å². The van der Waals surface area contributed by atoms with Crippen molar-refractivity contribution in [3.63, 3.8) is 0 Å². The standard InChI is InChI=1S/C12H18ClNO2S/c1-2-11-4-6-12(7-5-11)10-14-17(15,16)9-3-8-13/h4-7,14H,2-3,8-10H2,1H3. The number of rotatable bonds is 7. The highest BCUT2D eigenvalue weighted by molar-refractivity contribution is 7.89. The average molecular weight is 276 g/mol. The number of benzene rings is 1. The zero-order chi connectivity index (χ0) is 12.7. The van der Waals surface area contributed by atoms with Crippen LogP contribution in [0.1, 0.15) is 24.5 Å². The molecular formula is C12H18ClNO2S. The molecule has 5 heteroatoms. The highest BCUT2D eigenvalue weighted by Gasteiger charge is 2.08. The molecule has 0 aliphatic carbocycles. The fourth-order valence-corrected chi connectivity index (χ4v) is 2.75. The van der Waals surface area contributed by atoms with Gasteiger partial charge in [-0.05, 0) is 24.0 Å². The summed E-state index contributed by atoms with van der Waals surface area (Å²) >= 11 is 5.47. The SMILES string of the molecule is CCc1ccc(CNS(=O)(=O)CCCCl)cc1. The lowest BCUT2D eigenvalue weighted by Gasteiger charge is -2.06. The van der Waals surface area contributed by atoms with Crippen molar-refractivity contribution in [1.29, 1.82) is 0 Å². The van der Waals surface area contributed by atoms with Crippen molar-refractivity contribution in [3.8, 4) is 0 Å².